The third-order valence-corrected chi connectivity index (χ3v) is 2.94. The minimum absolute atomic E-state index is 0.109. The molecule has 0 aliphatic rings. The number of hydrogen-bond acceptors (Lipinski definition) is 2. The highest BCUT2D eigenvalue weighted by molar-refractivity contribution is 5.19. The van der Waals surface area contributed by atoms with E-state index in [1.54, 1.807) is 0 Å². The van der Waals surface area contributed by atoms with Gasteiger partial charge in [0.25, 0.3) is 0 Å². The maximum Gasteiger partial charge on any atom is 0.0372 e. The van der Waals surface area contributed by atoms with Crippen molar-refractivity contribution in [2.24, 2.45) is 5.73 Å². The van der Waals surface area contributed by atoms with Crippen LogP contribution in [-0.2, 0) is 6.42 Å². The van der Waals surface area contributed by atoms with Crippen molar-refractivity contribution in [3.63, 3.8) is 0 Å². The molecule has 0 aliphatic carbocycles. The van der Waals surface area contributed by atoms with Crippen LogP contribution in [0.5, 0.6) is 0 Å². The van der Waals surface area contributed by atoms with Gasteiger partial charge in [0.05, 0.1) is 0 Å². The molecule has 88 valence electrons. The van der Waals surface area contributed by atoms with Gasteiger partial charge in [-0.15, -0.1) is 0 Å². The molecule has 1 aromatic heterocycles. The average molecular weight is 226 g/mol. The van der Waals surface area contributed by atoms with E-state index in [2.05, 4.69) is 23.2 Å². The molecule has 2 heteroatoms. The van der Waals surface area contributed by atoms with Crippen LogP contribution in [0.1, 0.15) is 29.3 Å². The fourth-order valence-corrected chi connectivity index (χ4v) is 1.84. The maximum atomic E-state index is 6.15. The molecule has 0 saturated carbocycles. The summed E-state index contributed by atoms with van der Waals surface area (Å²) in [5, 5.41) is 0. The van der Waals surface area contributed by atoms with Crippen molar-refractivity contribution in [1.29, 1.82) is 0 Å². The van der Waals surface area contributed by atoms with E-state index in [-0.39, 0.29) is 6.04 Å². The summed E-state index contributed by atoms with van der Waals surface area (Å²) in [6.45, 7) is 2.00. The van der Waals surface area contributed by atoms with Gasteiger partial charge in [0.2, 0.25) is 0 Å². The van der Waals surface area contributed by atoms with E-state index in [9.17, 15) is 0 Å². The van der Waals surface area contributed by atoms with Gasteiger partial charge in [0.1, 0.15) is 0 Å². The number of aromatic nitrogens is 1. The lowest BCUT2D eigenvalue weighted by atomic mass is 10.0. The van der Waals surface area contributed by atoms with Gasteiger partial charge < -0.3 is 5.73 Å². The fourth-order valence-electron chi connectivity index (χ4n) is 1.84. The Morgan fingerprint density at radius 1 is 1.12 bits per heavy atom. The molecule has 0 amide bonds. The van der Waals surface area contributed by atoms with Crippen LogP contribution in [0.3, 0.4) is 0 Å². The Hall–Kier alpha value is -1.67. The molecular weight excluding hydrogens is 208 g/mol. The first-order valence-corrected chi connectivity index (χ1v) is 5.98. The molecule has 0 radical (unpaired) electrons. The third-order valence-electron chi connectivity index (χ3n) is 2.94. The number of rotatable bonds is 4. The topological polar surface area (TPSA) is 38.9 Å². The van der Waals surface area contributed by atoms with E-state index in [1.807, 2.05) is 37.4 Å². The fraction of sp³-hybridized carbons (Fsp3) is 0.267. The van der Waals surface area contributed by atoms with E-state index >= 15 is 0 Å². The van der Waals surface area contributed by atoms with E-state index < -0.39 is 0 Å². The molecule has 2 rings (SSSR count). The summed E-state index contributed by atoms with van der Waals surface area (Å²) in [6, 6.07) is 14.5. The zero-order valence-electron chi connectivity index (χ0n) is 10.1. The van der Waals surface area contributed by atoms with Gasteiger partial charge in [-0.3, -0.25) is 4.98 Å². The van der Waals surface area contributed by atoms with Crippen molar-refractivity contribution in [2.75, 3.05) is 0 Å². The Labute approximate surface area is 103 Å². The van der Waals surface area contributed by atoms with Crippen LogP contribution < -0.4 is 5.73 Å². The number of pyridine rings is 1. The Kier molecular flexibility index (Phi) is 3.89. The van der Waals surface area contributed by atoms with E-state index in [0.717, 1.165) is 18.5 Å². The second kappa shape index (κ2) is 5.60. The highest BCUT2D eigenvalue weighted by atomic mass is 14.7. The van der Waals surface area contributed by atoms with Crippen LogP contribution in [0, 0.1) is 6.92 Å². The number of nitrogens with two attached hydrogens (primary N) is 1. The quantitative estimate of drug-likeness (QED) is 0.870. The molecule has 2 aromatic rings. The summed E-state index contributed by atoms with van der Waals surface area (Å²) < 4.78 is 0. The van der Waals surface area contributed by atoms with Crippen LogP contribution in [0.2, 0.25) is 0 Å². The van der Waals surface area contributed by atoms with Crippen molar-refractivity contribution in [1.82, 2.24) is 4.98 Å². The van der Waals surface area contributed by atoms with Gasteiger partial charge >= 0.3 is 0 Å². The molecule has 0 spiro atoms. The zero-order valence-corrected chi connectivity index (χ0v) is 10.1. The van der Waals surface area contributed by atoms with Crippen LogP contribution in [0.25, 0.3) is 0 Å². The number of nitrogens with zero attached hydrogens (tertiary/aromatic N) is 1. The molecule has 1 unspecified atom stereocenters. The molecule has 0 fully saturated rings. The van der Waals surface area contributed by atoms with E-state index in [4.69, 9.17) is 5.73 Å². The minimum atomic E-state index is 0.109. The predicted octanol–water partition coefficient (Wildman–Crippen LogP) is 3.02. The summed E-state index contributed by atoms with van der Waals surface area (Å²) in [5.74, 6) is 0. The standard InChI is InChI=1S/C15H18N2/c1-12-7-8-13(11-17-12)9-10-15(16)14-5-3-2-4-6-14/h2-8,11,15H,9-10,16H2,1H3. The Balaban J connectivity index is 1.92. The first kappa shape index (κ1) is 11.8. The first-order valence-electron chi connectivity index (χ1n) is 5.98. The Bertz CT molecular complexity index is 448. The van der Waals surface area contributed by atoms with Crippen molar-refractivity contribution in [2.45, 2.75) is 25.8 Å². The molecule has 0 saturated heterocycles. The summed E-state index contributed by atoms with van der Waals surface area (Å²) in [6.07, 6.45) is 3.87. The van der Waals surface area contributed by atoms with E-state index in [0.29, 0.717) is 0 Å². The molecular formula is C15H18N2. The summed E-state index contributed by atoms with van der Waals surface area (Å²) in [4.78, 5) is 4.29. The lowest BCUT2D eigenvalue weighted by Crippen LogP contribution is -2.11. The van der Waals surface area contributed by atoms with Crippen molar-refractivity contribution < 1.29 is 0 Å². The maximum absolute atomic E-state index is 6.15. The highest BCUT2D eigenvalue weighted by Gasteiger charge is 2.05. The van der Waals surface area contributed by atoms with Gasteiger partial charge in [0, 0.05) is 17.9 Å². The second-order valence-electron chi connectivity index (χ2n) is 4.36. The molecule has 2 nitrogen and oxygen atoms in total. The molecule has 17 heavy (non-hydrogen) atoms. The summed E-state index contributed by atoms with van der Waals surface area (Å²) in [7, 11) is 0. The zero-order chi connectivity index (χ0) is 12.1. The summed E-state index contributed by atoms with van der Waals surface area (Å²) >= 11 is 0. The Morgan fingerprint density at radius 2 is 1.88 bits per heavy atom. The normalized spacial score (nSPS) is 12.4. The van der Waals surface area contributed by atoms with Gasteiger partial charge in [-0.25, -0.2) is 0 Å². The van der Waals surface area contributed by atoms with Crippen LogP contribution >= 0.6 is 0 Å². The number of hydrogen-bond donors (Lipinski definition) is 1. The lowest BCUT2D eigenvalue weighted by Gasteiger charge is -2.11. The summed E-state index contributed by atoms with van der Waals surface area (Å²) in [5.41, 5.74) is 9.66. The first-order chi connectivity index (χ1) is 8.25. The lowest BCUT2D eigenvalue weighted by molar-refractivity contribution is 0.650. The molecule has 2 N–H and O–H groups in total. The van der Waals surface area contributed by atoms with Crippen LogP contribution in [-0.4, -0.2) is 4.98 Å². The predicted molar refractivity (Wildman–Crippen MR) is 70.7 cm³/mol. The van der Waals surface area contributed by atoms with Gasteiger partial charge in [-0.1, -0.05) is 36.4 Å². The Morgan fingerprint density at radius 3 is 2.53 bits per heavy atom. The third kappa shape index (κ3) is 3.40. The second-order valence-corrected chi connectivity index (χ2v) is 4.36. The van der Waals surface area contributed by atoms with E-state index in [1.165, 1.54) is 11.1 Å². The largest absolute Gasteiger partial charge is 0.324 e. The smallest absolute Gasteiger partial charge is 0.0372 e. The highest BCUT2D eigenvalue weighted by Crippen LogP contribution is 2.16. The monoisotopic (exact) mass is 226 g/mol. The molecule has 0 bridgehead atoms. The van der Waals surface area contributed by atoms with Crippen LogP contribution in [0.4, 0.5) is 0 Å². The van der Waals surface area contributed by atoms with Gasteiger partial charge in [-0.05, 0) is 37.0 Å². The van der Waals surface area contributed by atoms with Crippen molar-refractivity contribution in [3.8, 4) is 0 Å². The SMILES string of the molecule is Cc1ccc(CCC(N)c2ccccc2)cn1. The van der Waals surface area contributed by atoms with Gasteiger partial charge in [-0.2, -0.15) is 0 Å². The minimum Gasteiger partial charge on any atom is -0.324 e. The van der Waals surface area contributed by atoms with Crippen molar-refractivity contribution in [3.05, 3.63) is 65.5 Å². The molecule has 1 atom stereocenters. The van der Waals surface area contributed by atoms with Gasteiger partial charge in [0.15, 0.2) is 0 Å². The molecule has 1 aromatic carbocycles. The van der Waals surface area contributed by atoms with Crippen LogP contribution in [0.15, 0.2) is 48.7 Å². The average Bonchev–Trinajstić information content (AvgIpc) is 2.39. The molecule has 1 heterocycles. The van der Waals surface area contributed by atoms with Crippen molar-refractivity contribution >= 4 is 0 Å². The number of aryl methyl sites for hydroxylation is 2. The molecule has 0 aliphatic heterocycles. The number of benzene rings is 1.